The number of aliphatic hydroxyl groups excluding tert-OH is 1. The number of rotatable bonds is 11. The summed E-state index contributed by atoms with van der Waals surface area (Å²) in [4.78, 5) is 10.7. The van der Waals surface area contributed by atoms with Gasteiger partial charge in [-0.25, -0.2) is 0 Å². The Morgan fingerprint density at radius 3 is 2.65 bits per heavy atom. The van der Waals surface area contributed by atoms with Crippen molar-refractivity contribution in [2.24, 2.45) is 0 Å². The van der Waals surface area contributed by atoms with Crippen molar-refractivity contribution < 1.29 is 24.1 Å². The highest BCUT2D eigenvalue weighted by Gasteiger charge is 2.07. The third-order valence-electron chi connectivity index (χ3n) is 3.53. The number of aliphatic hydroxyl groups is 1. The molecule has 7 heteroatoms. The molecule has 140 valence electrons. The van der Waals surface area contributed by atoms with Crippen LogP contribution < -0.4 is 19.5 Å². The van der Waals surface area contributed by atoms with Gasteiger partial charge < -0.3 is 24.6 Å². The zero-order valence-corrected chi connectivity index (χ0v) is 15.2. The molecular formula is C19H22ClNO5. The Bertz CT molecular complexity index is 710. The fourth-order valence-electron chi connectivity index (χ4n) is 2.18. The van der Waals surface area contributed by atoms with E-state index in [0.717, 1.165) is 0 Å². The SMILES string of the molecule is COc1ccccc1OCCNC[C@H](O)COc1ccc(C=O)c(Cl)c1. The summed E-state index contributed by atoms with van der Waals surface area (Å²) in [5, 5.41) is 13.4. The molecular weight excluding hydrogens is 358 g/mol. The predicted molar refractivity (Wildman–Crippen MR) is 99.7 cm³/mol. The van der Waals surface area contributed by atoms with Crippen molar-refractivity contribution in [1.82, 2.24) is 5.32 Å². The Kier molecular flexibility index (Phi) is 8.21. The Morgan fingerprint density at radius 2 is 1.96 bits per heavy atom. The number of aldehydes is 1. The molecule has 0 saturated heterocycles. The fraction of sp³-hybridized carbons (Fsp3) is 0.316. The van der Waals surface area contributed by atoms with Gasteiger partial charge in [0.1, 0.15) is 25.1 Å². The number of ether oxygens (including phenoxy) is 3. The molecule has 0 radical (unpaired) electrons. The molecule has 0 unspecified atom stereocenters. The number of hydrogen-bond acceptors (Lipinski definition) is 6. The van der Waals surface area contributed by atoms with E-state index in [-0.39, 0.29) is 6.61 Å². The first-order valence-electron chi connectivity index (χ1n) is 8.16. The van der Waals surface area contributed by atoms with Crippen LogP contribution in [0.3, 0.4) is 0 Å². The highest BCUT2D eigenvalue weighted by Crippen LogP contribution is 2.25. The molecule has 0 saturated carbocycles. The Morgan fingerprint density at radius 1 is 1.19 bits per heavy atom. The summed E-state index contributed by atoms with van der Waals surface area (Å²) in [6, 6.07) is 12.2. The lowest BCUT2D eigenvalue weighted by molar-refractivity contribution is 0.105. The summed E-state index contributed by atoms with van der Waals surface area (Å²) < 4.78 is 16.3. The van der Waals surface area contributed by atoms with E-state index in [9.17, 15) is 9.90 Å². The lowest BCUT2D eigenvalue weighted by atomic mass is 10.2. The summed E-state index contributed by atoms with van der Waals surface area (Å²) in [5.41, 5.74) is 0.399. The van der Waals surface area contributed by atoms with Crippen LogP contribution in [0.25, 0.3) is 0 Å². The summed E-state index contributed by atoms with van der Waals surface area (Å²) in [5.74, 6) is 1.86. The lowest BCUT2D eigenvalue weighted by Crippen LogP contribution is -2.33. The van der Waals surface area contributed by atoms with E-state index in [0.29, 0.717) is 53.8 Å². The topological polar surface area (TPSA) is 77.0 Å². The van der Waals surface area contributed by atoms with Gasteiger partial charge in [-0.1, -0.05) is 23.7 Å². The molecule has 1 atom stereocenters. The van der Waals surface area contributed by atoms with Crippen LogP contribution in [0.15, 0.2) is 42.5 Å². The van der Waals surface area contributed by atoms with Crippen LogP contribution in [-0.4, -0.2) is 50.9 Å². The number of hydrogen-bond donors (Lipinski definition) is 2. The first kappa shape index (κ1) is 20.0. The normalized spacial score (nSPS) is 11.7. The monoisotopic (exact) mass is 379 g/mol. The molecule has 0 fully saturated rings. The molecule has 0 aliphatic carbocycles. The molecule has 0 heterocycles. The molecule has 0 amide bonds. The van der Waals surface area contributed by atoms with Crippen molar-refractivity contribution in [3.05, 3.63) is 53.1 Å². The van der Waals surface area contributed by atoms with Gasteiger partial charge in [-0.05, 0) is 30.3 Å². The van der Waals surface area contributed by atoms with Crippen LogP contribution in [0.2, 0.25) is 5.02 Å². The number of para-hydroxylation sites is 2. The molecule has 0 spiro atoms. The number of benzene rings is 2. The number of carbonyl (C=O) groups is 1. The third-order valence-corrected chi connectivity index (χ3v) is 3.85. The largest absolute Gasteiger partial charge is 0.493 e. The van der Waals surface area contributed by atoms with Gasteiger partial charge in [-0.3, -0.25) is 4.79 Å². The smallest absolute Gasteiger partial charge is 0.161 e. The molecule has 2 N–H and O–H groups in total. The maximum absolute atomic E-state index is 10.7. The van der Waals surface area contributed by atoms with Gasteiger partial charge in [0.15, 0.2) is 17.8 Å². The first-order chi connectivity index (χ1) is 12.6. The minimum atomic E-state index is -0.689. The third kappa shape index (κ3) is 6.22. The highest BCUT2D eigenvalue weighted by molar-refractivity contribution is 6.33. The van der Waals surface area contributed by atoms with Gasteiger partial charge in [0, 0.05) is 18.7 Å². The Hall–Kier alpha value is -2.28. The Balaban J connectivity index is 1.64. The van der Waals surface area contributed by atoms with Crippen LogP contribution in [-0.2, 0) is 0 Å². The molecule has 6 nitrogen and oxygen atoms in total. The molecule has 0 aliphatic rings. The number of carbonyl (C=O) groups excluding carboxylic acids is 1. The zero-order chi connectivity index (χ0) is 18.8. The van der Waals surface area contributed by atoms with Crippen molar-refractivity contribution in [3.8, 4) is 17.2 Å². The van der Waals surface area contributed by atoms with Crippen molar-refractivity contribution >= 4 is 17.9 Å². The van der Waals surface area contributed by atoms with E-state index >= 15 is 0 Å². The van der Waals surface area contributed by atoms with E-state index in [4.69, 9.17) is 25.8 Å². The second-order valence-corrected chi connectivity index (χ2v) is 5.88. The fourth-order valence-corrected chi connectivity index (χ4v) is 2.40. The van der Waals surface area contributed by atoms with Crippen LogP contribution in [0.4, 0.5) is 0 Å². The summed E-state index contributed by atoms with van der Waals surface area (Å²) in [7, 11) is 1.59. The average Bonchev–Trinajstić information content (AvgIpc) is 2.66. The summed E-state index contributed by atoms with van der Waals surface area (Å²) >= 11 is 5.93. The number of methoxy groups -OCH3 is 1. The molecule has 2 aromatic rings. The van der Waals surface area contributed by atoms with Crippen molar-refractivity contribution in [3.63, 3.8) is 0 Å². The van der Waals surface area contributed by atoms with Gasteiger partial charge in [0.25, 0.3) is 0 Å². The first-order valence-corrected chi connectivity index (χ1v) is 8.54. The highest BCUT2D eigenvalue weighted by atomic mass is 35.5. The Labute approximate surface area is 157 Å². The van der Waals surface area contributed by atoms with Crippen LogP contribution >= 0.6 is 11.6 Å². The van der Waals surface area contributed by atoms with Crippen LogP contribution in [0.1, 0.15) is 10.4 Å². The average molecular weight is 380 g/mol. The van der Waals surface area contributed by atoms with Crippen molar-refractivity contribution in [1.29, 1.82) is 0 Å². The lowest BCUT2D eigenvalue weighted by Gasteiger charge is -2.14. The van der Waals surface area contributed by atoms with Gasteiger partial charge >= 0.3 is 0 Å². The second kappa shape index (κ2) is 10.7. The van der Waals surface area contributed by atoms with E-state index < -0.39 is 6.10 Å². The second-order valence-electron chi connectivity index (χ2n) is 5.47. The van der Waals surface area contributed by atoms with Gasteiger partial charge in [-0.2, -0.15) is 0 Å². The molecule has 2 rings (SSSR count). The standard InChI is InChI=1S/C19H22ClNO5/c1-24-18-4-2-3-5-19(18)25-9-8-21-11-15(23)13-26-16-7-6-14(12-22)17(20)10-16/h2-7,10,12,15,21,23H,8-9,11,13H2,1H3/t15-/m0/s1. The molecule has 0 bridgehead atoms. The summed E-state index contributed by atoms with van der Waals surface area (Å²) in [6.07, 6.45) is -0.0105. The molecule has 0 aliphatic heterocycles. The van der Waals surface area contributed by atoms with E-state index in [1.54, 1.807) is 25.3 Å². The van der Waals surface area contributed by atoms with E-state index in [2.05, 4.69) is 5.32 Å². The zero-order valence-electron chi connectivity index (χ0n) is 14.5. The maximum Gasteiger partial charge on any atom is 0.161 e. The minimum Gasteiger partial charge on any atom is -0.493 e. The quantitative estimate of drug-likeness (QED) is 0.461. The maximum atomic E-state index is 10.7. The van der Waals surface area contributed by atoms with Crippen LogP contribution in [0, 0.1) is 0 Å². The van der Waals surface area contributed by atoms with Gasteiger partial charge in [0.05, 0.1) is 12.1 Å². The molecule has 0 aromatic heterocycles. The number of nitrogens with one attached hydrogen (secondary N) is 1. The van der Waals surface area contributed by atoms with Crippen molar-refractivity contribution in [2.45, 2.75) is 6.10 Å². The van der Waals surface area contributed by atoms with E-state index in [1.165, 1.54) is 0 Å². The molecule has 26 heavy (non-hydrogen) atoms. The number of halogens is 1. The predicted octanol–water partition coefficient (Wildman–Crippen LogP) is 2.57. The van der Waals surface area contributed by atoms with Gasteiger partial charge in [-0.15, -0.1) is 0 Å². The van der Waals surface area contributed by atoms with Crippen LogP contribution in [0.5, 0.6) is 17.2 Å². The van der Waals surface area contributed by atoms with Gasteiger partial charge in [0.2, 0.25) is 0 Å². The summed E-state index contributed by atoms with van der Waals surface area (Å²) in [6.45, 7) is 1.47. The van der Waals surface area contributed by atoms with E-state index in [1.807, 2.05) is 24.3 Å². The van der Waals surface area contributed by atoms with Crippen molar-refractivity contribution in [2.75, 3.05) is 33.4 Å². The minimum absolute atomic E-state index is 0.108. The molecule has 2 aromatic carbocycles.